The highest BCUT2D eigenvalue weighted by Gasteiger charge is 2.31. The van der Waals surface area contributed by atoms with Crippen molar-refractivity contribution in [3.05, 3.63) is 90.0 Å². The highest BCUT2D eigenvalue weighted by Crippen LogP contribution is 2.26. The first-order valence-electron chi connectivity index (χ1n) is 11.6. The quantitative estimate of drug-likeness (QED) is 0.314. The van der Waals surface area contributed by atoms with Crippen molar-refractivity contribution in [3.8, 4) is 5.75 Å². The Bertz CT molecular complexity index is 1460. The van der Waals surface area contributed by atoms with Crippen LogP contribution in [0.15, 0.2) is 88.7 Å². The van der Waals surface area contributed by atoms with E-state index < -0.39 is 26.6 Å². The minimum atomic E-state index is -3.86. The topological polar surface area (TPSA) is 127 Å². The largest absolute Gasteiger partial charge is 0.489 e. The summed E-state index contributed by atoms with van der Waals surface area (Å²) in [6, 6.07) is 20.6. The number of Topliss-reactive ketones (excluding diaryl/α,β-unsaturated/α-hetero) is 1. The van der Waals surface area contributed by atoms with Gasteiger partial charge in [-0.2, -0.15) is 4.31 Å². The number of benzene rings is 3. The third kappa shape index (κ3) is 6.43. The van der Waals surface area contributed by atoms with Crippen molar-refractivity contribution in [2.45, 2.75) is 28.7 Å². The summed E-state index contributed by atoms with van der Waals surface area (Å²) in [5.41, 5.74) is 0.782. The number of hydrogen-bond acceptors (Lipinski definition) is 7. The van der Waals surface area contributed by atoms with Crippen LogP contribution in [0.4, 0.5) is 0 Å². The van der Waals surface area contributed by atoms with Crippen molar-refractivity contribution in [1.29, 1.82) is 0 Å². The molecule has 1 fully saturated rings. The Morgan fingerprint density at radius 3 is 2.30 bits per heavy atom. The maximum atomic E-state index is 13.0. The van der Waals surface area contributed by atoms with Gasteiger partial charge in [0, 0.05) is 18.7 Å². The summed E-state index contributed by atoms with van der Waals surface area (Å²) in [5, 5.41) is 2.63. The van der Waals surface area contributed by atoms with E-state index in [1.165, 1.54) is 22.5 Å². The van der Waals surface area contributed by atoms with Gasteiger partial charge >= 0.3 is 0 Å². The van der Waals surface area contributed by atoms with E-state index in [0.717, 1.165) is 6.07 Å². The van der Waals surface area contributed by atoms with Gasteiger partial charge in [-0.15, -0.1) is 0 Å². The number of carbonyl (C=O) groups excluding carboxylic acids is 2. The standard InChI is InChI=1S/C26H26N2O7S2/c29-24(19-7-2-1-3-8-19)18-27-26(30)23-11-4-5-12-25(23)35-20-13-15-28(16-14-20)37(33,34)22-10-6-9-21(17-22)36(31)32/h1-12,17,20,36H,13-16,18H2,(H,27,30). The summed E-state index contributed by atoms with van der Waals surface area (Å²) in [6.07, 6.45) is 0.447. The van der Waals surface area contributed by atoms with Crippen molar-refractivity contribution in [2.24, 2.45) is 0 Å². The molecule has 4 rings (SSSR count). The van der Waals surface area contributed by atoms with E-state index in [9.17, 15) is 26.4 Å². The molecule has 9 nitrogen and oxygen atoms in total. The number of thiol groups is 1. The molecule has 3 aromatic carbocycles. The summed E-state index contributed by atoms with van der Waals surface area (Å²) in [4.78, 5) is 25.0. The number of sulfonamides is 1. The number of para-hydroxylation sites is 1. The fraction of sp³-hybridized carbons (Fsp3) is 0.231. The number of piperidine rings is 1. The molecule has 0 unspecified atom stereocenters. The highest BCUT2D eigenvalue weighted by molar-refractivity contribution is 7.89. The first kappa shape index (κ1) is 26.5. The third-order valence-electron chi connectivity index (χ3n) is 6.00. The maximum absolute atomic E-state index is 13.0. The minimum absolute atomic E-state index is 0.0605. The molecular formula is C26H26N2O7S2. The monoisotopic (exact) mass is 542 g/mol. The van der Waals surface area contributed by atoms with E-state index in [-0.39, 0.29) is 46.9 Å². The Hall–Kier alpha value is -3.54. The fourth-order valence-corrected chi connectivity index (χ4v) is 6.07. The van der Waals surface area contributed by atoms with Gasteiger partial charge < -0.3 is 10.1 Å². The zero-order valence-corrected chi connectivity index (χ0v) is 21.5. The maximum Gasteiger partial charge on any atom is 0.255 e. The summed E-state index contributed by atoms with van der Waals surface area (Å²) >= 11 is 0. The number of rotatable bonds is 9. The van der Waals surface area contributed by atoms with Gasteiger partial charge in [0.25, 0.3) is 5.91 Å². The average molecular weight is 543 g/mol. The SMILES string of the molecule is O=C(CNC(=O)c1ccccc1OC1CCN(S(=O)(=O)c2cccc([SH](=O)=O)c2)CC1)c1ccccc1. The van der Waals surface area contributed by atoms with Gasteiger partial charge in [-0.3, -0.25) is 9.59 Å². The lowest BCUT2D eigenvalue weighted by molar-refractivity contribution is 0.0894. The molecule has 0 aliphatic carbocycles. The second-order valence-electron chi connectivity index (χ2n) is 8.44. The summed E-state index contributed by atoms with van der Waals surface area (Å²) in [7, 11) is -6.75. The average Bonchev–Trinajstić information content (AvgIpc) is 2.92. The number of nitrogens with one attached hydrogen (secondary N) is 1. The molecule has 1 saturated heterocycles. The van der Waals surface area contributed by atoms with Crippen molar-refractivity contribution in [1.82, 2.24) is 9.62 Å². The molecule has 0 atom stereocenters. The fourth-order valence-electron chi connectivity index (χ4n) is 4.02. The Morgan fingerprint density at radius 1 is 0.919 bits per heavy atom. The molecule has 37 heavy (non-hydrogen) atoms. The first-order valence-corrected chi connectivity index (χ1v) is 14.2. The van der Waals surface area contributed by atoms with Crippen molar-refractivity contribution < 1.29 is 31.2 Å². The molecule has 0 saturated carbocycles. The molecule has 0 aromatic heterocycles. The number of carbonyl (C=O) groups is 2. The normalized spacial score (nSPS) is 14.8. The van der Waals surface area contributed by atoms with Crippen LogP contribution in [-0.2, 0) is 20.7 Å². The molecule has 0 bridgehead atoms. The van der Waals surface area contributed by atoms with Crippen LogP contribution in [0, 0.1) is 0 Å². The van der Waals surface area contributed by atoms with E-state index in [4.69, 9.17) is 4.74 Å². The molecule has 194 valence electrons. The second kappa shape index (κ2) is 11.7. The van der Waals surface area contributed by atoms with Crippen LogP contribution >= 0.6 is 0 Å². The Kier molecular flexibility index (Phi) is 8.37. The molecule has 3 aromatic rings. The predicted octanol–water partition coefficient (Wildman–Crippen LogP) is 2.50. The van der Waals surface area contributed by atoms with Crippen LogP contribution in [-0.4, -0.2) is 58.6 Å². The predicted molar refractivity (Wildman–Crippen MR) is 137 cm³/mol. The molecule has 1 aliphatic heterocycles. The van der Waals surface area contributed by atoms with Gasteiger partial charge in [0.15, 0.2) is 16.5 Å². The minimum Gasteiger partial charge on any atom is -0.489 e. The second-order valence-corrected chi connectivity index (χ2v) is 11.4. The molecule has 0 radical (unpaired) electrons. The van der Waals surface area contributed by atoms with E-state index in [2.05, 4.69) is 5.32 Å². The van der Waals surface area contributed by atoms with Crippen molar-refractivity contribution in [3.63, 3.8) is 0 Å². The smallest absolute Gasteiger partial charge is 0.255 e. The van der Waals surface area contributed by atoms with E-state index >= 15 is 0 Å². The molecule has 11 heteroatoms. The van der Waals surface area contributed by atoms with Gasteiger partial charge in [-0.05, 0) is 43.2 Å². The van der Waals surface area contributed by atoms with Crippen LogP contribution in [0.5, 0.6) is 5.75 Å². The van der Waals surface area contributed by atoms with Crippen LogP contribution < -0.4 is 10.1 Å². The van der Waals surface area contributed by atoms with Crippen LogP contribution in [0.25, 0.3) is 0 Å². The summed E-state index contributed by atoms with van der Waals surface area (Å²) < 4.78 is 55.9. The van der Waals surface area contributed by atoms with E-state index in [0.29, 0.717) is 24.2 Å². The lowest BCUT2D eigenvalue weighted by Crippen LogP contribution is -2.42. The number of hydrogen-bond donors (Lipinski definition) is 2. The molecule has 1 N–H and O–H groups in total. The van der Waals surface area contributed by atoms with Gasteiger partial charge in [0.05, 0.1) is 21.9 Å². The van der Waals surface area contributed by atoms with Crippen molar-refractivity contribution in [2.75, 3.05) is 19.6 Å². The number of ketones is 1. The van der Waals surface area contributed by atoms with Crippen LogP contribution in [0.3, 0.4) is 0 Å². The number of ether oxygens (including phenoxy) is 1. The molecule has 1 amide bonds. The van der Waals surface area contributed by atoms with E-state index in [1.807, 2.05) is 0 Å². The zero-order chi connectivity index (χ0) is 26.4. The lowest BCUT2D eigenvalue weighted by Gasteiger charge is -2.31. The Balaban J connectivity index is 1.37. The van der Waals surface area contributed by atoms with Gasteiger partial charge in [-0.25, -0.2) is 16.8 Å². The van der Waals surface area contributed by atoms with Gasteiger partial charge in [-0.1, -0.05) is 48.5 Å². The van der Waals surface area contributed by atoms with Gasteiger partial charge in [0.2, 0.25) is 10.0 Å². The summed E-state index contributed by atoms with van der Waals surface area (Å²) in [6.45, 7) is 0.205. The Morgan fingerprint density at radius 2 is 1.59 bits per heavy atom. The van der Waals surface area contributed by atoms with Crippen molar-refractivity contribution >= 4 is 32.4 Å². The molecular weight excluding hydrogens is 516 g/mol. The molecule has 1 heterocycles. The molecule has 0 spiro atoms. The highest BCUT2D eigenvalue weighted by atomic mass is 32.2. The van der Waals surface area contributed by atoms with Gasteiger partial charge in [0.1, 0.15) is 11.9 Å². The lowest BCUT2D eigenvalue weighted by atomic mass is 10.1. The van der Waals surface area contributed by atoms with E-state index in [1.54, 1.807) is 54.6 Å². The summed E-state index contributed by atoms with van der Waals surface area (Å²) in [5.74, 6) is -0.314. The number of amides is 1. The van der Waals surface area contributed by atoms with Crippen LogP contribution in [0.2, 0.25) is 0 Å². The first-order chi connectivity index (χ1) is 17.8. The third-order valence-corrected chi connectivity index (χ3v) is 8.59. The van der Waals surface area contributed by atoms with Crippen LogP contribution in [0.1, 0.15) is 33.6 Å². The Labute approximate surface area is 217 Å². The molecule has 1 aliphatic rings. The number of nitrogens with zero attached hydrogens (tertiary/aromatic N) is 1. The zero-order valence-electron chi connectivity index (χ0n) is 19.8.